The lowest BCUT2D eigenvalue weighted by Crippen LogP contribution is -2.36. The Hall–Kier alpha value is -2.98. The summed E-state index contributed by atoms with van der Waals surface area (Å²) in [7, 11) is -4.40. The van der Waals surface area contributed by atoms with Crippen molar-refractivity contribution in [2.75, 3.05) is 6.54 Å². The predicted octanol–water partition coefficient (Wildman–Crippen LogP) is 5.33. The van der Waals surface area contributed by atoms with Crippen LogP contribution in [0.15, 0.2) is 53.7 Å². The van der Waals surface area contributed by atoms with Gasteiger partial charge < -0.3 is 10.0 Å². The highest BCUT2D eigenvalue weighted by atomic mass is 35.5. The average molecular weight is 512 g/mol. The number of benzene rings is 1. The number of carboxylic acid groups (broad SMARTS) is 1. The molecule has 0 spiro atoms. The van der Waals surface area contributed by atoms with Crippen LogP contribution in [0.5, 0.6) is 0 Å². The van der Waals surface area contributed by atoms with Crippen molar-refractivity contribution in [3.63, 3.8) is 0 Å². The van der Waals surface area contributed by atoms with Crippen LogP contribution < -0.4 is 0 Å². The van der Waals surface area contributed by atoms with Crippen molar-refractivity contribution in [1.29, 1.82) is 0 Å². The van der Waals surface area contributed by atoms with E-state index in [4.69, 9.17) is 11.6 Å². The third-order valence-electron chi connectivity index (χ3n) is 4.90. The molecule has 0 aliphatic carbocycles. The van der Waals surface area contributed by atoms with Gasteiger partial charge in [0.15, 0.2) is 5.82 Å². The van der Waals surface area contributed by atoms with E-state index in [1.165, 1.54) is 30.3 Å². The number of pyridine rings is 1. The Balaban J connectivity index is 2.23. The summed E-state index contributed by atoms with van der Waals surface area (Å²) in [4.78, 5) is 16.1. The number of hydrogen-bond acceptors (Lipinski definition) is 4. The van der Waals surface area contributed by atoms with Crippen LogP contribution in [0.2, 0.25) is 0 Å². The summed E-state index contributed by atoms with van der Waals surface area (Å²) in [6.07, 6.45) is 0.839. The van der Waals surface area contributed by atoms with E-state index >= 15 is 4.39 Å². The highest BCUT2D eigenvalue weighted by Crippen LogP contribution is 2.33. The second-order valence-corrected chi connectivity index (χ2v) is 11.0. The van der Waals surface area contributed by atoms with E-state index in [0.717, 1.165) is 17.3 Å². The maximum absolute atomic E-state index is 15.7. The molecule has 34 heavy (non-hydrogen) atoms. The molecule has 1 N–H and O–H groups in total. The molecule has 7 nitrogen and oxygen atoms in total. The maximum Gasteiger partial charge on any atom is 0.407 e. The lowest BCUT2D eigenvalue weighted by molar-refractivity contribution is 0.122. The van der Waals surface area contributed by atoms with Crippen molar-refractivity contribution in [3.8, 4) is 11.3 Å². The standard InChI is InChI=1S/C23H24ClF2N3O4S/c1-23(2,3)14-28(22(30)31)12-16-13-29(20(19(16)25)18-8-5-9-27-21(18)26)34(32,33)17-7-4-6-15(10-17)11-24/h4-10,13H,11-12,14H2,1-3H3,(H,30,31). The quantitative estimate of drug-likeness (QED) is 0.342. The Morgan fingerprint density at radius 2 is 1.91 bits per heavy atom. The molecule has 11 heteroatoms. The van der Waals surface area contributed by atoms with Crippen LogP contribution in [0.4, 0.5) is 13.6 Å². The second kappa shape index (κ2) is 9.71. The van der Waals surface area contributed by atoms with Crippen molar-refractivity contribution in [3.05, 3.63) is 71.7 Å². The first kappa shape index (κ1) is 25.6. The lowest BCUT2D eigenvalue weighted by Gasteiger charge is -2.27. The maximum atomic E-state index is 15.7. The Bertz CT molecular complexity index is 1320. The molecule has 0 atom stereocenters. The van der Waals surface area contributed by atoms with Crippen LogP contribution in [0.1, 0.15) is 31.9 Å². The first-order valence-electron chi connectivity index (χ1n) is 10.2. The number of rotatable bonds is 7. The SMILES string of the molecule is CC(C)(C)CN(Cc1cn(S(=O)(=O)c2cccc(CCl)c2)c(-c2cccnc2F)c1F)C(=O)O. The normalized spacial score (nSPS) is 12.1. The van der Waals surface area contributed by atoms with Crippen molar-refractivity contribution in [2.45, 2.75) is 38.1 Å². The molecular formula is C23H24ClF2N3O4S. The number of hydrogen-bond donors (Lipinski definition) is 1. The Kier molecular flexibility index (Phi) is 7.32. The van der Waals surface area contributed by atoms with Gasteiger partial charge in [-0.2, -0.15) is 4.39 Å². The fraction of sp³-hybridized carbons (Fsp3) is 0.304. The van der Waals surface area contributed by atoms with E-state index in [0.29, 0.717) is 9.54 Å². The molecule has 0 aliphatic heterocycles. The molecule has 0 aliphatic rings. The summed E-state index contributed by atoms with van der Waals surface area (Å²) in [6, 6.07) is 8.33. The van der Waals surface area contributed by atoms with Crippen LogP contribution >= 0.6 is 11.6 Å². The van der Waals surface area contributed by atoms with Gasteiger partial charge in [0.25, 0.3) is 10.0 Å². The number of halogens is 3. The molecule has 2 heterocycles. The smallest absolute Gasteiger partial charge is 0.407 e. The molecule has 3 aromatic rings. The van der Waals surface area contributed by atoms with Gasteiger partial charge in [0.1, 0.15) is 5.69 Å². The first-order valence-corrected chi connectivity index (χ1v) is 12.2. The summed E-state index contributed by atoms with van der Waals surface area (Å²) in [5.74, 6) is -2.06. The van der Waals surface area contributed by atoms with Crippen LogP contribution in [-0.4, -0.2) is 40.0 Å². The van der Waals surface area contributed by atoms with Crippen LogP contribution in [-0.2, 0) is 22.4 Å². The van der Waals surface area contributed by atoms with Gasteiger partial charge in [-0.3, -0.25) is 0 Å². The van der Waals surface area contributed by atoms with Gasteiger partial charge >= 0.3 is 6.09 Å². The topological polar surface area (TPSA) is 92.5 Å². The van der Waals surface area contributed by atoms with Crippen molar-refractivity contribution >= 4 is 27.7 Å². The number of aromatic nitrogens is 2. The minimum Gasteiger partial charge on any atom is -0.465 e. The molecule has 182 valence electrons. The zero-order chi connectivity index (χ0) is 25.3. The Morgan fingerprint density at radius 3 is 2.50 bits per heavy atom. The lowest BCUT2D eigenvalue weighted by atomic mass is 9.96. The molecule has 1 aromatic carbocycles. The molecular weight excluding hydrogens is 488 g/mol. The van der Waals surface area contributed by atoms with E-state index in [-0.39, 0.29) is 28.4 Å². The second-order valence-electron chi connectivity index (χ2n) is 8.94. The first-order chi connectivity index (χ1) is 15.8. The van der Waals surface area contributed by atoms with Crippen molar-refractivity contribution in [2.24, 2.45) is 5.41 Å². The summed E-state index contributed by atoms with van der Waals surface area (Å²) in [5.41, 5.74) is -1.09. The number of alkyl halides is 1. The van der Waals surface area contributed by atoms with Gasteiger partial charge in [0.05, 0.1) is 17.0 Å². The van der Waals surface area contributed by atoms with Crippen LogP contribution in [0.3, 0.4) is 0 Å². The third kappa shape index (κ3) is 5.39. The molecule has 3 rings (SSSR count). The summed E-state index contributed by atoms with van der Waals surface area (Å²) < 4.78 is 57.9. The molecule has 1 amide bonds. The monoisotopic (exact) mass is 511 g/mol. The van der Waals surface area contributed by atoms with Crippen LogP contribution in [0, 0.1) is 17.2 Å². The summed E-state index contributed by atoms with van der Waals surface area (Å²) >= 11 is 5.83. The van der Waals surface area contributed by atoms with E-state index in [1.54, 1.807) is 6.07 Å². The van der Waals surface area contributed by atoms with Gasteiger partial charge in [0, 0.05) is 30.4 Å². The summed E-state index contributed by atoms with van der Waals surface area (Å²) in [5, 5.41) is 9.62. The van der Waals surface area contributed by atoms with Gasteiger partial charge in [-0.25, -0.2) is 26.6 Å². The molecule has 2 aromatic heterocycles. The van der Waals surface area contributed by atoms with Gasteiger partial charge in [-0.05, 0) is 35.2 Å². The minimum absolute atomic E-state index is 0.0547. The van der Waals surface area contributed by atoms with E-state index in [9.17, 15) is 22.7 Å². The predicted molar refractivity (Wildman–Crippen MR) is 124 cm³/mol. The molecule has 0 bridgehead atoms. The third-order valence-corrected chi connectivity index (χ3v) is 6.87. The molecule has 0 saturated heterocycles. The van der Waals surface area contributed by atoms with Crippen molar-refractivity contribution < 1.29 is 27.1 Å². The molecule has 0 fully saturated rings. The molecule has 0 unspecified atom stereocenters. The highest BCUT2D eigenvalue weighted by Gasteiger charge is 2.30. The van der Waals surface area contributed by atoms with Crippen LogP contribution in [0.25, 0.3) is 11.3 Å². The average Bonchev–Trinajstić information content (AvgIpc) is 3.09. The molecule has 0 radical (unpaired) electrons. The zero-order valence-electron chi connectivity index (χ0n) is 18.8. The van der Waals surface area contributed by atoms with Gasteiger partial charge in [-0.1, -0.05) is 32.9 Å². The van der Waals surface area contributed by atoms with E-state index in [2.05, 4.69) is 4.98 Å². The van der Waals surface area contributed by atoms with E-state index < -0.39 is 45.5 Å². The van der Waals surface area contributed by atoms with E-state index in [1.807, 2.05) is 20.8 Å². The fourth-order valence-corrected chi connectivity index (χ4v) is 5.11. The molecule has 0 saturated carbocycles. The van der Waals surface area contributed by atoms with Gasteiger partial charge in [-0.15, -0.1) is 11.6 Å². The fourth-order valence-electron chi connectivity index (χ4n) is 3.48. The summed E-state index contributed by atoms with van der Waals surface area (Å²) in [6.45, 7) is 5.07. The Morgan fingerprint density at radius 1 is 1.21 bits per heavy atom. The zero-order valence-corrected chi connectivity index (χ0v) is 20.4. The highest BCUT2D eigenvalue weighted by molar-refractivity contribution is 7.90. The number of nitrogens with zero attached hydrogens (tertiary/aromatic N) is 3. The minimum atomic E-state index is -4.40. The number of carbonyl (C=O) groups is 1. The number of amides is 1. The Labute approximate surface area is 201 Å². The van der Waals surface area contributed by atoms with Crippen molar-refractivity contribution in [1.82, 2.24) is 13.9 Å². The van der Waals surface area contributed by atoms with Gasteiger partial charge in [0.2, 0.25) is 5.95 Å². The largest absolute Gasteiger partial charge is 0.465 e.